The highest BCUT2D eigenvalue weighted by Gasteiger charge is 2.18. The Balaban J connectivity index is 2.23. The molecule has 0 aliphatic heterocycles. The third-order valence-corrected chi connectivity index (χ3v) is 2.43. The summed E-state index contributed by atoms with van der Waals surface area (Å²) in [5.41, 5.74) is 7.25. The van der Waals surface area contributed by atoms with E-state index in [0.29, 0.717) is 5.56 Å². The molecule has 1 aromatic carbocycles. The topological polar surface area (TPSA) is 60.9 Å². The third-order valence-electron chi connectivity index (χ3n) is 2.43. The molecule has 4 heteroatoms. The van der Waals surface area contributed by atoms with E-state index >= 15 is 0 Å². The van der Waals surface area contributed by atoms with E-state index in [4.69, 9.17) is 5.73 Å². The lowest BCUT2D eigenvalue weighted by Gasteiger charge is -2.08. The van der Waals surface area contributed by atoms with E-state index < -0.39 is 6.04 Å². The highest BCUT2D eigenvalue weighted by atomic mass is 16.1. The maximum absolute atomic E-state index is 12.0. The highest BCUT2D eigenvalue weighted by Crippen LogP contribution is 2.15. The van der Waals surface area contributed by atoms with Crippen molar-refractivity contribution in [3.63, 3.8) is 0 Å². The van der Waals surface area contributed by atoms with Gasteiger partial charge in [-0.15, -0.1) is 0 Å². The van der Waals surface area contributed by atoms with Crippen LogP contribution in [-0.2, 0) is 7.05 Å². The van der Waals surface area contributed by atoms with E-state index in [0.717, 1.165) is 5.56 Å². The van der Waals surface area contributed by atoms with Gasteiger partial charge in [-0.3, -0.25) is 9.48 Å². The molecule has 0 amide bonds. The van der Waals surface area contributed by atoms with Crippen LogP contribution in [-0.4, -0.2) is 15.6 Å². The number of rotatable bonds is 3. The van der Waals surface area contributed by atoms with Gasteiger partial charge in [-0.25, -0.2) is 0 Å². The fourth-order valence-corrected chi connectivity index (χ4v) is 1.54. The molecular weight excluding hydrogens is 202 g/mol. The molecule has 16 heavy (non-hydrogen) atoms. The van der Waals surface area contributed by atoms with Crippen LogP contribution < -0.4 is 5.73 Å². The molecule has 1 heterocycles. The van der Waals surface area contributed by atoms with Crippen LogP contribution in [0.4, 0.5) is 0 Å². The lowest BCUT2D eigenvalue weighted by atomic mass is 10.0. The van der Waals surface area contributed by atoms with Gasteiger partial charge < -0.3 is 5.73 Å². The summed E-state index contributed by atoms with van der Waals surface area (Å²) in [5, 5.41) is 3.95. The van der Waals surface area contributed by atoms with Crippen molar-refractivity contribution in [2.45, 2.75) is 6.04 Å². The van der Waals surface area contributed by atoms with Crippen molar-refractivity contribution in [3.05, 3.63) is 53.9 Å². The normalized spacial score (nSPS) is 12.4. The summed E-state index contributed by atoms with van der Waals surface area (Å²) in [5.74, 6) is -0.112. The van der Waals surface area contributed by atoms with Gasteiger partial charge in [0, 0.05) is 13.2 Å². The molecule has 0 saturated heterocycles. The summed E-state index contributed by atoms with van der Waals surface area (Å²) in [6.45, 7) is 0. The predicted molar refractivity (Wildman–Crippen MR) is 60.9 cm³/mol. The van der Waals surface area contributed by atoms with E-state index in [1.165, 1.54) is 6.20 Å². The summed E-state index contributed by atoms with van der Waals surface area (Å²) in [4.78, 5) is 12.0. The summed E-state index contributed by atoms with van der Waals surface area (Å²) in [6, 6.07) is 8.70. The van der Waals surface area contributed by atoms with Crippen LogP contribution in [0.1, 0.15) is 22.0 Å². The maximum atomic E-state index is 12.0. The number of ketones is 1. The Morgan fingerprint density at radius 3 is 2.62 bits per heavy atom. The summed E-state index contributed by atoms with van der Waals surface area (Å²) >= 11 is 0. The SMILES string of the molecule is Cn1cc(C(=O)C(N)c2ccccc2)cn1. The zero-order valence-corrected chi connectivity index (χ0v) is 9.00. The largest absolute Gasteiger partial charge is 0.318 e. The number of aryl methyl sites for hydroxylation is 1. The first kappa shape index (κ1) is 10.6. The molecule has 2 aromatic rings. The fourth-order valence-electron chi connectivity index (χ4n) is 1.54. The Labute approximate surface area is 93.7 Å². The van der Waals surface area contributed by atoms with Gasteiger partial charge in [-0.05, 0) is 5.56 Å². The van der Waals surface area contributed by atoms with E-state index in [1.54, 1.807) is 17.9 Å². The average molecular weight is 215 g/mol. The number of hydrogen-bond acceptors (Lipinski definition) is 3. The molecule has 2 rings (SSSR count). The van der Waals surface area contributed by atoms with Gasteiger partial charge in [0.05, 0.1) is 17.8 Å². The minimum absolute atomic E-state index is 0.112. The zero-order valence-electron chi connectivity index (χ0n) is 9.00. The van der Waals surface area contributed by atoms with Crippen molar-refractivity contribution >= 4 is 5.78 Å². The van der Waals surface area contributed by atoms with Crippen molar-refractivity contribution in [2.75, 3.05) is 0 Å². The lowest BCUT2D eigenvalue weighted by Crippen LogP contribution is -2.21. The van der Waals surface area contributed by atoms with Gasteiger partial charge in [-0.2, -0.15) is 5.10 Å². The molecule has 0 spiro atoms. The van der Waals surface area contributed by atoms with Gasteiger partial charge in [0.1, 0.15) is 0 Å². The van der Waals surface area contributed by atoms with Crippen molar-refractivity contribution in [3.8, 4) is 0 Å². The zero-order chi connectivity index (χ0) is 11.5. The van der Waals surface area contributed by atoms with Gasteiger partial charge >= 0.3 is 0 Å². The molecular formula is C12H13N3O. The lowest BCUT2D eigenvalue weighted by molar-refractivity contribution is 0.0961. The standard InChI is InChI=1S/C12H13N3O/c1-15-8-10(7-14-15)12(16)11(13)9-5-3-2-4-6-9/h2-8,11H,13H2,1H3. The predicted octanol–water partition coefficient (Wildman–Crippen LogP) is 1.30. The fraction of sp³-hybridized carbons (Fsp3) is 0.167. The van der Waals surface area contributed by atoms with Crippen LogP contribution >= 0.6 is 0 Å². The number of carbonyl (C=O) groups excluding carboxylic acids is 1. The molecule has 0 aliphatic carbocycles. The Bertz CT molecular complexity index is 490. The molecule has 2 N–H and O–H groups in total. The first-order valence-corrected chi connectivity index (χ1v) is 5.02. The first-order valence-electron chi connectivity index (χ1n) is 5.02. The van der Waals surface area contributed by atoms with Gasteiger partial charge in [0.2, 0.25) is 0 Å². The van der Waals surface area contributed by atoms with E-state index in [-0.39, 0.29) is 5.78 Å². The Kier molecular flexibility index (Phi) is 2.83. The Morgan fingerprint density at radius 1 is 1.38 bits per heavy atom. The number of nitrogens with zero attached hydrogens (tertiary/aromatic N) is 2. The van der Waals surface area contributed by atoms with E-state index in [9.17, 15) is 4.79 Å². The van der Waals surface area contributed by atoms with E-state index in [1.807, 2.05) is 30.3 Å². The van der Waals surface area contributed by atoms with Crippen molar-refractivity contribution in [2.24, 2.45) is 12.8 Å². The minimum Gasteiger partial charge on any atom is -0.318 e. The van der Waals surface area contributed by atoms with Gasteiger partial charge in [0.25, 0.3) is 0 Å². The van der Waals surface area contributed by atoms with Crippen LogP contribution in [0.3, 0.4) is 0 Å². The Morgan fingerprint density at radius 2 is 2.06 bits per heavy atom. The molecule has 1 unspecified atom stereocenters. The molecule has 82 valence electrons. The van der Waals surface area contributed by atoms with Crippen LogP contribution in [0.5, 0.6) is 0 Å². The quantitative estimate of drug-likeness (QED) is 0.785. The monoisotopic (exact) mass is 215 g/mol. The van der Waals surface area contributed by atoms with Crippen LogP contribution in [0, 0.1) is 0 Å². The maximum Gasteiger partial charge on any atom is 0.187 e. The summed E-state index contributed by atoms with van der Waals surface area (Å²) in [6.07, 6.45) is 3.20. The van der Waals surface area contributed by atoms with Gasteiger partial charge in [0.15, 0.2) is 5.78 Å². The number of aromatic nitrogens is 2. The first-order chi connectivity index (χ1) is 7.68. The van der Waals surface area contributed by atoms with Crippen molar-refractivity contribution in [1.29, 1.82) is 0 Å². The average Bonchev–Trinajstić information content (AvgIpc) is 2.75. The summed E-state index contributed by atoms with van der Waals surface area (Å²) < 4.78 is 1.59. The molecule has 1 atom stereocenters. The van der Waals surface area contributed by atoms with E-state index in [2.05, 4.69) is 5.10 Å². The van der Waals surface area contributed by atoms with Gasteiger partial charge in [-0.1, -0.05) is 30.3 Å². The minimum atomic E-state index is -0.620. The second kappa shape index (κ2) is 4.28. The molecule has 0 saturated carbocycles. The summed E-state index contributed by atoms with van der Waals surface area (Å²) in [7, 11) is 1.77. The van der Waals surface area contributed by atoms with Crippen molar-refractivity contribution in [1.82, 2.24) is 9.78 Å². The van der Waals surface area contributed by atoms with Crippen molar-refractivity contribution < 1.29 is 4.79 Å². The highest BCUT2D eigenvalue weighted by molar-refractivity contribution is 6.00. The number of benzene rings is 1. The van der Waals surface area contributed by atoms with Crippen LogP contribution in [0.2, 0.25) is 0 Å². The molecule has 1 aromatic heterocycles. The number of carbonyl (C=O) groups is 1. The third kappa shape index (κ3) is 2.01. The van der Waals surface area contributed by atoms with Crippen LogP contribution in [0.25, 0.3) is 0 Å². The molecule has 0 aliphatic rings. The molecule has 4 nitrogen and oxygen atoms in total. The van der Waals surface area contributed by atoms with Crippen LogP contribution in [0.15, 0.2) is 42.7 Å². The molecule has 0 radical (unpaired) electrons. The Hall–Kier alpha value is -1.94. The molecule has 0 bridgehead atoms. The number of Topliss-reactive ketones (excluding diaryl/α,β-unsaturated/α-hetero) is 1. The smallest absolute Gasteiger partial charge is 0.187 e. The second-order valence-corrected chi connectivity index (χ2v) is 3.66. The number of nitrogens with two attached hydrogens (primary N) is 1. The molecule has 0 fully saturated rings. The second-order valence-electron chi connectivity index (χ2n) is 3.66. The number of hydrogen-bond donors (Lipinski definition) is 1.